The molecule has 1 fully saturated rings. The van der Waals surface area contributed by atoms with Gasteiger partial charge in [-0.1, -0.05) is 13.3 Å². The van der Waals surface area contributed by atoms with Gasteiger partial charge in [-0.3, -0.25) is 4.79 Å². The van der Waals surface area contributed by atoms with Crippen molar-refractivity contribution in [2.75, 3.05) is 5.75 Å². The van der Waals surface area contributed by atoms with E-state index < -0.39 is 38.8 Å². The lowest BCUT2D eigenvalue weighted by Gasteiger charge is -2.28. The van der Waals surface area contributed by atoms with Crippen molar-refractivity contribution in [1.29, 1.82) is 0 Å². The van der Waals surface area contributed by atoms with Crippen molar-refractivity contribution >= 4 is 21.7 Å². The van der Waals surface area contributed by atoms with E-state index in [-0.39, 0.29) is 0 Å². The largest absolute Gasteiger partial charge is 0.480 e. The van der Waals surface area contributed by atoms with Gasteiger partial charge in [0.05, 0.1) is 11.0 Å². The highest BCUT2D eigenvalue weighted by Gasteiger charge is 2.34. The summed E-state index contributed by atoms with van der Waals surface area (Å²) in [5.41, 5.74) is 0. The third-order valence-electron chi connectivity index (χ3n) is 3.95. The summed E-state index contributed by atoms with van der Waals surface area (Å²) in [6.45, 7) is 3.27. The Morgan fingerprint density at radius 3 is 2.20 bits per heavy atom. The molecule has 1 saturated carbocycles. The lowest BCUT2D eigenvalue weighted by molar-refractivity contribution is -0.140. The fraction of sp³-hybridized carbons (Fsp3) is 0.846. The van der Waals surface area contributed by atoms with Crippen molar-refractivity contribution in [1.82, 2.24) is 5.32 Å². The number of carbonyl (C=O) groups is 2. The molecular formula is C13H23NO5S. The fourth-order valence-electron chi connectivity index (χ4n) is 2.69. The van der Waals surface area contributed by atoms with Crippen molar-refractivity contribution in [2.45, 2.75) is 57.2 Å². The van der Waals surface area contributed by atoms with Gasteiger partial charge in [0.1, 0.15) is 6.04 Å². The van der Waals surface area contributed by atoms with Crippen LogP contribution in [-0.2, 0) is 19.4 Å². The maximum Gasteiger partial charge on any atom is 0.327 e. The molecule has 1 aliphatic rings. The summed E-state index contributed by atoms with van der Waals surface area (Å²) in [6.07, 6.45) is 3.98. The van der Waals surface area contributed by atoms with Gasteiger partial charge >= 0.3 is 5.97 Å². The second-order valence-electron chi connectivity index (χ2n) is 5.47. The minimum absolute atomic E-state index is 0.471. The van der Waals surface area contributed by atoms with Crippen LogP contribution in [0.4, 0.5) is 0 Å². The monoisotopic (exact) mass is 305 g/mol. The molecule has 20 heavy (non-hydrogen) atoms. The van der Waals surface area contributed by atoms with E-state index in [2.05, 4.69) is 12.2 Å². The summed E-state index contributed by atoms with van der Waals surface area (Å²) < 4.78 is 24.5. The molecule has 1 aliphatic carbocycles. The summed E-state index contributed by atoms with van der Waals surface area (Å²) in [5.74, 6) is -1.80. The molecule has 116 valence electrons. The molecule has 0 radical (unpaired) electrons. The van der Waals surface area contributed by atoms with Gasteiger partial charge in [-0.15, -0.1) is 0 Å². The van der Waals surface area contributed by atoms with E-state index in [4.69, 9.17) is 5.11 Å². The topological polar surface area (TPSA) is 101 Å². The average molecular weight is 305 g/mol. The van der Waals surface area contributed by atoms with Gasteiger partial charge < -0.3 is 10.4 Å². The highest BCUT2D eigenvalue weighted by atomic mass is 32.2. The lowest BCUT2D eigenvalue weighted by Crippen LogP contribution is -2.46. The van der Waals surface area contributed by atoms with Gasteiger partial charge in [-0.2, -0.15) is 0 Å². The predicted molar refractivity (Wildman–Crippen MR) is 75.1 cm³/mol. The molecule has 6 nitrogen and oxygen atoms in total. The molecule has 7 heteroatoms. The van der Waals surface area contributed by atoms with Crippen LogP contribution < -0.4 is 5.32 Å². The maximum absolute atomic E-state index is 12.3. The molecule has 1 amide bonds. The van der Waals surface area contributed by atoms with Gasteiger partial charge in [0.15, 0.2) is 9.84 Å². The Morgan fingerprint density at radius 2 is 1.80 bits per heavy atom. The first-order valence-electron chi connectivity index (χ1n) is 6.97. The number of hydrogen-bond donors (Lipinski definition) is 2. The van der Waals surface area contributed by atoms with Crippen molar-refractivity contribution < 1.29 is 23.1 Å². The second-order valence-corrected chi connectivity index (χ2v) is 7.80. The molecule has 1 atom stereocenters. The Kier molecular flexibility index (Phi) is 5.98. The van der Waals surface area contributed by atoms with Crippen LogP contribution in [0, 0.1) is 5.92 Å². The minimum atomic E-state index is -3.50. The predicted octanol–water partition coefficient (Wildman–Crippen LogP) is 0.959. The normalized spacial score (nSPS) is 24.9. The number of amides is 1. The molecule has 0 aliphatic heterocycles. The van der Waals surface area contributed by atoms with E-state index in [1.807, 2.05) is 0 Å². The number of carboxylic acid groups (broad SMARTS) is 1. The van der Waals surface area contributed by atoms with Gasteiger partial charge in [0.2, 0.25) is 5.91 Å². The van der Waals surface area contributed by atoms with Crippen molar-refractivity contribution in [3.05, 3.63) is 0 Å². The third-order valence-corrected chi connectivity index (χ3v) is 6.24. The van der Waals surface area contributed by atoms with Gasteiger partial charge in [0, 0.05) is 6.92 Å². The third kappa shape index (κ3) is 4.77. The zero-order valence-corrected chi connectivity index (χ0v) is 12.8. The number of hydrogen-bond acceptors (Lipinski definition) is 4. The van der Waals surface area contributed by atoms with Crippen molar-refractivity contribution in [3.8, 4) is 0 Å². The first kappa shape index (κ1) is 16.9. The summed E-state index contributed by atoms with van der Waals surface area (Å²) in [7, 11) is -3.50. The van der Waals surface area contributed by atoms with E-state index in [1.165, 1.54) is 6.92 Å². The second kappa shape index (κ2) is 7.06. The quantitative estimate of drug-likeness (QED) is 0.761. The Bertz CT molecular complexity index is 451. The van der Waals surface area contributed by atoms with Crippen LogP contribution in [0.3, 0.4) is 0 Å². The van der Waals surface area contributed by atoms with Crippen LogP contribution in [0.1, 0.15) is 46.0 Å². The van der Waals surface area contributed by atoms with E-state index >= 15 is 0 Å². The number of carboxylic acids is 1. The molecule has 2 N–H and O–H groups in total. The Morgan fingerprint density at radius 1 is 1.25 bits per heavy atom. The van der Waals surface area contributed by atoms with Gasteiger partial charge in [-0.05, 0) is 31.6 Å². The molecule has 0 saturated heterocycles. The molecule has 0 spiro atoms. The Labute approximate surface area is 119 Å². The van der Waals surface area contributed by atoms with Crippen LogP contribution in [0.15, 0.2) is 0 Å². The SMILES string of the molecule is CCC1CCC(S(=O)(=O)C[C@H](NC(C)=O)C(=O)O)CC1. The summed E-state index contributed by atoms with van der Waals surface area (Å²) in [5, 5.41) is 10.7. The first-order chi connectivity index (χ1) is 9.26. The molecule has 1 rings (SSSR count). The van der Waals surface area contributed by atoms with Crippen LogP contribution in [0.25, 0.3) is 0 Å². The van der Waals surface area contributed by atoms with Crippen LogP contribution in [-0.4, -0.2) is 42.4 Å². The number of aliphatic carboxylic acids is 1. The first-order valence-corrected chi connectivity index (χ1v) is 8.69. The number of sulfone groups is 1. The zero-order valence-electron chi connectivity index (χ0n) is 12.0. The highest BCUT2D eigenvalue weighted by molar-refractivity contribution is 7.92. The molecule has 0 aromatic heterocycles. The van der Waals surface area contributed by atoms with Gasteiger partial charge in [-0.25, -0.2) is 13.2 Å². The molecule has 0 aromatic rings. The Hall–Kier alpha value is -1.11. The van der Waals surface area contributed by atoms with Crippen LogP contribution in [0.5, 0.6) is 0 Å². The number of rotatable bonds is 6. The summed E-state index contributed by atoms with van der Waals surface area (Å²) in [4.78, 5) is 21.9. The van der Waals surface area contributed by atoms with Crippen molar-refractivity contribution in [3.63, 3.8) is 0 Å². The lowest BCUT2D eigenvalue weighted by atomic mass is 9.87. The van der Waals surface area contributed by atoms with E-state index in [0.29, 0.717) is 18.8 Å². The number of nitrogens with one attached hydrogen (secondary N) is 1. The minimum Gasteiger partial charge on any atom is -0.480 e. The summed E-state index contributed by atoms with van der Waals surface area (Å²) in [6, 6.07) is -1.36. The fourth-order valence-corrected chi connectivity index (χ4v) is 4.64. The van der Waals surface area contributed by atoms with Gasteiger partial charge in [0.25, 0.3) is 0 Å². The average Bonchev–Trinajstić information content (AvgIpc) is 2.37. The van der Waals surface area contributed by atoms with Crippen LogP contribution in [0.2, 0.25) is 0 Å². The van der Waals surface area contributed by atoms with Crippen molar-refractivity contribution in [2.24, 2.45) is 5.92 Å². The van der Waals surface area contributed by atoms with E-state index in [0.717, 1.165) is 19.3 Å². The molecular weight excluding hydrogens is 282 g/mol. The van der Waals surface area contributed by atoms with Crippen LogP contribution >= 0.6 is 0 Å². The smallest absolute Gasteiger partial charge is 0.327 e. The molecule has 0 aromatic carbocycles. The maximum atomic E-state index is 12.3. The zero-order chi connectivity index (χ0) is 15.3. The molecule has 0 heterocycles. The summed E-state index contributed by atoms with van der Waals surface area (Å²) >= 11 is 0. The highest BCUT2D eigenvalue weighted by Crippen LogP contribution is 2.30. The number of carbonyl (C=O) groups excluding carboxylic acids is 1. The van der Waals surface area contributed by atoms with E-state index in [9.17, 15) is 18.0 Å². The molecule has 0 bridgehead atoms. The molecule has 0 unspecified atom stereocenters. The Balaban J connectivity index is 2.68. The standard InChI is InChI=1S/C13H23NO5S/c1-3-10-4-6-11(7-5-10)20(18,19)8-12(13(16)17)14-9(2)15/h10-12H,3-8H2,1-2H3,(H,14,15)(H,16,17)/t10?,11?,12-/m0/s1. The van der Waals surface area contributed by atoms with E-state index in [1.54, 1.807) is 0 Å².